The highest BCUT2D eigenvalue weighted by Gasteiger charge is 2.05. The van der Waals surface area contributed by atoms with Crippen LogP contribution in [-0.4, -0.2) is 24.5 Å². The maximum absolute atomic E-state index is 10.7. The van der Waals surface area contributed by atoms with Crippen molar-refractivity contribution in [2.45, 2.75) is 25.7 Å². The van der Waals surface area contributed by atoms with Crippen LogP contribution in [0.3, 0.4) is 0 Å². The second kappa shape index (κ2) is 8.82. The van der Waals surface area contributed by atoms with Crippen LogP contribution in [0.5, 0.6) is 0 Å². The van der Waals surface area contributed by atoms with Crippen molar-refractivity contribution < 1.29 is 28.9 Å². The first-order valence-electron chi connectivity index (χ1n) is 4.22. The fraction of sp³-hybridized carbons (Fsp3) is 0.500. The third kappa shape index (κ3) is 8.57. The van der Waals surface area contributed by atoms with Crippen LogP contribution < -0.4 is 5.64 Å². The molecule has 0 radical (unpaired) electrons. The first-order chi connectivity index (χ1) is 7.20. The first-order valence-corrected chi connectivity index (χ1v) is 4.22. The van der Waals surface area contributed by atoms with Crippen molar-refractivity contribution in [3.05, 3.63) is 0 Å². The standard InChI is InChI=1S/C8H11NO6/c10-5-1-3-7(12)14-9-15-8(13)4-2-6-11/h5-6,9H,1-4H2. The van der Waals surface area contributed by atoms with Gasteiger partial charge in [0.1, 0.15) is 12.6 Å². The van der Waals surface area contributed by atoms with Crippen molar-refractivity contribution in [1.29, 1.82) is 0 Å². The fourth-order valence-electron chi connectivity index (χ4n) is 0.569. The third-order valence-electron chi connectivity index (χ3n) is 1.24. The van der Waals surface area contributed by atoms with Gasteiger partial charge >= 0.3 is 11.9 Å². The van der Waals surface area contributed by atoms with Crippen molar-refractivity contribution in [3.63, 3.8) is 0 Å². The molecule has 0 aliphatic carbocycles. The van der Waals surface area contributed by atoms with Gasteiger partial charge in [-0.2, -0.15) is 0 Å². The molecule has 0 bridgehead atoms. The molecular formula is C8H11NO6. The molecule has 84 valence electrons. The van der Waals surface area contributed by atoms with E-state index in [1.807, 2.05) is 0 Å². The van der Waals surface area contributed by atoms with E-state index in [-0.39, 0.29) is 25.7 Å². The Kier molecular flexibility index (Phi) is 7.79. The Morgan fingerprint density at radius 2 is 1.33 bits per heavy atom. The molecule has 0 saturated heterocycles. The molecule has 0 fully saturated rings. The second-order valence-electron chi connectivity index (χ2n) is 2.44. The highest BCUT2D eigenvalue weighted by atomic mass is 16.9. The van der Waals surface area contributed by atoms with E-state index in [1.54, 1.807) is 5.64 Å². The van der Waals surface area contributed by atoms with Crippen LogP contribution in [0.2, 0.25) is 0 Å². The summed E-state index contributed by atoms with van der Waals surface area (Å²) in [6.07, 6.45) is 1.03. The van der Waals surface area contributed by atoms with E-state index in [0.29, 0.717) is 12.6 Å². The van der Waals surface area contributed by atoms with E-state index < -0.39 is 11.9 Å². The molecule has 0 spiro atoms. The lowest BCUT2D eigenvalue weighted by atomic mass is 10.3. The number of aldehydes is 2. The van der Waals surface area contributed by atoms with Crippen LogP contribution in [0.4, 0.5) is 0 Å². The van der Waals surface area contributed by atoms with Gasteiger partial charge in [-0.05, 0) is 0 Å². The van der Waals surface area contributed by atoms with Crippen LogP contribution in [-0.2, 0) is 28.9 Å². The lowest BCUT2D eigenvalue weighted by Gasteiger charge is -2.03. The number of rotatable bonds is 8. The molecule has 0 aliphatic rings. The summed E-state index contributed by atoms with van der Waals surface area (Å²) in [6, 6.07) is 0. The SMILES string of the molecule is O=CCCC(=O)ONOC(=O)CCC=O. The summed E-state index contributed by atoms with van der Waals surface area (Å²) in [5.74, 6) is -1.43. The lowest BCUT2D eigenvalue weighted by Crippen LogP contribution is -2.23. The summed E-state index contributed by atoms with van der Waals surface area (Å²) < 4.78 is 0. The first kappa shape index (κ1) is 13.2. The minimum absolute atomic E-state index is 0.0413. The average Bonchev–Trinajstić information content (AvgIpc) is 2.23. The Morgan fingerprint density at radius 3 is 1.67 bits per heavy atom. The summed E-state index contributed by atoms with van der Waals surface area (Å²) in [5, 5.41) is 0. The van der Waals surface area contributed by atoms with Gasteiger partial charge < -0.3 is 19.3 Å². The van der Waals surface area contributed by atoms with E-state index in [4.69, 9.17) is 0 Å². The fourth-order valence-corrected chi connectivity index (χ4v) is 0.569. The maximum Gasteiger partial charge on any atom is 0.329 e. The molecule has 0 amide bonds. The van der Waals surface area contributed by atoms with E-state index >= 15 is 0 Å². The van der Waals surface area contributed by atoms with E-state index in [1.165, 1.54) is 0 Å². The van der Waals surface area contributed by atoms with Gasteiger partial charge in [-0.15, -0.1) is 0 Å². The third-order valence-corrected chi connectivity index (χ3v) is 1.24. The highest BCUT2D eigenvalue weighted by molar-refractivity contribution is 5.73. The predicted molar refractivity (Wildman–Crippen MR) is 45.9 cm³/mol. The predicted octanol–water partition coefficient (Wildman–Crippen LogP) is -0.549. The Bertz CT molecular complexity index is 215. The smallest absolute Gasteiger partial charge is 0.329 e. The zero-order valence-corrected chi connectivity index (χ0v) is 7.93. The Hall–Kier alpha value is -1.76. The van der Waals surface area contributed by atoms with Crippen LogP contribution in [0.25, 0.3) is 0 Å². The maximum atomic E-state index is 10.7. The second-order valence-corrected chi connectivity index (χ2v) is 2.44. The quantitative estimate of drug-likeness (QED) is 0.430. The number of hydrogen-bond acceptors (Lipinski definition) is 7. The van der Waals surface area contributed by atoms with E-state index in [0.717, 1.165) is 0 Å². The van der Waals surface area contributed by atoms with Gasteiger partial charge in [-0.3, -0.25) is 9.59 Å². The van der Waals surface area contributed by atoms with Crippen molar-refractivity contribution in [2.75, 3.05) is 0 Å². The molecule has 0 aromatic carbocycles. The minimum atomic E-state index is -0.717. The number of carbonyl (C=O) groups excluding carboxylic acids is 4. The molecule has 0 rings (SSSR count). The molecule has 0 aromatic heterocycles. The van der Waals surface area contributed by atoms with Gasteiger partial charge in [0.15, 0.2) is 0 Å². The van der Waals surface area contributed by atoms with Gasteiger partial charge in [0.05, 0.1) is 12.8 Å². The summed E-state index contributed by atoms with van der Waals surface area (Å²) in [5.41, 5.74) is 1.67. The van der Waals surface area contributed by atoms with Crippen molar-refractivity contribution in [2.24, 2.45) is 0 Å². The molecule has 0 unspecified atom stereocenters. The summed E-state index contributed by atoms with van der Waals surface area (Å²) in [4.78, 5) is 49.6. The number of carbonyl (C=O) groups is 4. The molecule has 0 saturated carbocycles. The van der Waals surface area contributed by atoms with Crippen molar-refractivity contribution in [1.82, 2.24) is 5.64 Å². The van der Waals surface area contributed by atoms with Crippen molar-refractivity contribution >= 4 is 24.5 Å². The topological polar surface area (TPSA) is 98.8 Å². The van der Waals surface area contributed by atoms with E-state index in [9.17, 15) is 19.2 Å². The van der Waals surface area contributed by atoms with E-state index in [2.05, 4.69) is 9.68 Å². The molecule has 0 aliphatic heterocycles. The largest absolute Gasteiger partial charge is 0.336 e. The minimum Gasteiger partial charge on any atom is -0.336 e. The normalized spacial score (nSPS) is 9.07. The summed E-state index contributed by atoms with van der Waals surface area (Å²) >= 11 is 0. The van der Waals surface area contributed by atoms with Gasteiger partial charge in [0.2, 0.25) is 0 Å². The molecule has 0 heterocycles. The van der Waals surface area contributed by atoms with Crippen LogP contribution in [0.15, 0.2) is 0 Å². The number of hydrogen-bond donors (Lipinski definition) is 1. The molecule has 0 aromatic rings. The highest BCUT2D eigenvalue weighted by Crippen LogP contribution is 1.90. The van der Waals surface area contributed by atoms with Gasteiger partial charge in [0.25, 0.3) is 0 Å². The lowest BCUT2D eigenvalue weighted by molar-refractivity contribution is -0.198. The van der Waals surface area contributed by atoms with Crippen LogP contribution in [0, 0.1) is 0 Å². The molecule has 0 atom stereocenters. The van der Waals surface area contributed by atoms with Gasteiger partial charge in [-0.1, -0.05) is 0 Å². The molecule has 7 heteroatoms. The molecular weight excluding hydrogens is 206 g/mol. The summed E-state index contributed by atoms with van der Waals surface area (Å²) in [6.45, 7) is 0. The Morgan fingerprint density at radius 1 is 0.933 bits per heavy atom. The zero-order chi connectivity index (χ0) is 11.5. The van der Waals surface area contributed by atoms with Crippen LogP contribution in [0.1, 0.15) is 25.7 Å². The molecule has 7 nitrogen and oxygen atoms in total. The molecule has 15 heavy (non-hydrogen) atoms. The Balaban J connectivity index is 3.43. The van der Waals surface area contributed by atoms with Gasteiger partial charge in [-0.25, -0.2) is 0 Å². The molecule has 1 N–H and O–H groups in total. The Labute approximate surface area is 85.6 Å². The van der Waals surface area contributed by atoms with Crippen molar-refractivity contribution in [3.8, 4) is 0 Å². The van der Waals surface area contributed by atoms with Crippen LogP contribution >= 0.6 is 0 Å². The number of nitrogens with one attached hydrogen (secondary N) is 1. The monoisotopic (exact) mass is 217 g/mol. The average molecular weight is 217 g/mol. The van der Waals surface area contributed by atoms with Gasteiger partial charge in [0, 0.05) is 18.5 Å². The summed E-state index contributed by atoms with van der Waals surface area (Å²) in [7, 11) is 0. The zero-order valence-electron chi connectivity index (χ0n) is 7.93.